The molecular formula is C45H46N4O3Pt. The first-order valence-corrected chi connectivity index (χ1v) is 17.9. The van der Waals surface area contributed by atoms with Gasteiger partial charge in [0.05, 0.1) is 0 Å². The maximum absolute atomic E-state index is 6.74. The van der Waals surface area contributed by atoms with Gasteiger partial charge in [-0.05, 0) is 102 Å². The van der Waals surface area contributed by atoms with Gasteiger partial charge in [0.1, 0.15) is 22.6 Å². The van der Waals surface area contributed by atoms with Crippen LogP contribution in [0.5, 0.6) is 23.3 Å². The van der Waals surface area contributed by atoms with Gasteiger partial charge in [0.25, 0.3) is 0 Å². The van der Waals surface area contributed by atoms with Crippen molar-refractivity contribution in [1.29, 1.82) is 0 Å². The quantitative estimate of drug-likeness (QED) is 0.142. The predicted molar refractivity (Wildman–Crippen MR) is 210 cm³/mol. The van der Waals surface area contributed by atoms with Crippen LogP contribution in [0.2, 0.25) is 0 Å². The summed E-state index contributed by atoms with van der Waals surface area (Å²) in [4.78, 5) is 4.73. The Morgan fingerprint density at radius 3 is 2.11 bits per heavy atom. The number of pyridine rings is 1. The molecule has 7 rings (SSSR count). The van der Waals surface area contributed by atoms with Crippen LogP contribution in [-0.2, 0) is 21.1 Å². The minimum atomic E-state index is -0.528. The Balaban J connectivity index is 0.00000481. The largest absolute Gasteiger partial charge is 2.00 e. The number of benzene rings is 4. The molecule has 0 bridgehead atoms. The van der Waals surface area contributed by atoms with E-state index in [9.17, 15) is 0 Å². The molecule has 7 nitrogen and oxygen atoms in total. The van der Waals surface area contributed by atoms with Gasteiger partial charge in [-0.3, -0.25) is 0 Å². The Kier molecular flexibility index (Phi) is 10.4. The van der Waals surface area contributed by atoms with Crippen molar-refractivity contribution in [3.05, 3.63) is 120 Å². The van der Waals surface area contributed by atoms with Gasteiger partial charge < -0.3 is 18.8 Å². The minimum absolute atomic E-state index is 0. The van der Waals surface area contributed by atoms with Gasteiger partial charge in [-0.1, -0.05) is 67.4 Å². The number of hydrogen-bond acceptors (Lipinski definition) is 5. The van der Waals surface area contributed by atoms with E-state index in [2.05, 4.69) is 105 Å². The molecule has 3 heterocycles. The first-order chi connectivity index (χ1) is 24.6. The number of hydrogen-bond donors (Lipinski definition) is 0. The van der Waals surface area contributed by atoms with E-state index in [4.69, 9.17) is 24.3 Å². The van der Waals surface area contributed by atoms with E-state index in [0.717, 1.165) is 55.4 Å². The van der Waals surface area contributed by atoms with Gasteiger partial charge in [0.2, 0.25) is 11.8 Å². The van der Waals surface area contributed by atoms with E-state index in [0.29, 0.717) is 28.9 Å². The summed E-state index contributed by atoms with van der Waals surface area (Å²) in [7, 11) is 0. The molecule has 0 fully saturated rings. The Labute approximate surface area is 327 Å². The molecule has 4 aromatic carbocycles. The monoisotopic (exact) mass is 885 g/mol. The number of nitrogens with zero attached hydrogens (tertiary/aromatic N) is 4. The average Bonchev–Trinajstić information content (AvgIpc) is 3.57. The Bertz CT molecular complexity index is 2410. The molecule has 0 amide bonds. The zero-order chi connectivity index (χ0) is 36.9. The third kappa shape index (κ3) is 8.06. The van der Waals surface area contributed by atoms with Crippen molar-refractivity contribution in [3.8, 4) is 45.9 Å². The molecule has 8 heteroatoms. The Morgan fingerprint density at radius 1 is 0.717 bits per heavy atom. The normalized spacial score (nSPS) is 12.0. The van der Waals surface area contributed by atoms with Crippen molar-refractivity contribution in [2.45, 2.75) is 86.4 Å². The Hall–Kier alpha value is -4.87. The van der Waals surface area contributed by atoms with E-state index in [1.54, 1.807) is 4.68 Å². The molecule has 0 aliphatic carbocycles. The van der Waals surface area contributed by atoms with Crippen molar-refractivity contribution in [2.24, 2.45) is 0 Å². The number of aromatic nitrogens is 4. The van der Waals surface area contributed by atoms with Crippen LogP contribution in [-0.4, -0.2) is 30.5 Å². The van der Waals surface area contributed by atoms with Gasteiger partial charge in [-0.15, -0.1) is 46.4 Å². The number of aryl methyl sites for hydroxylation is 2. The molecule has 274 valence electrons. The summed E-state index contributed by atoms with van der Waals surface area (Å²) in [6, 6.07) is 36.1. The van der Waals surface area contributed by atoms with Crippen molar-refractivity contribution >= 4 is 21.8 Å². The van der Waals surface area contributed by atoms with Crippen LogP contribution >= 0.6 is 0 Å². The molecule has 0 atom stereocenters. The van der Waals surface area contributed by atoms with Gasteiger partial charge in [0.15, 0.2) is 0 Å². The van der Waals surface area contributed by atoms with Crippen LogP contribution in [0, 0.1) is 26.0 Å². The molecule has 0 N–H and O–H groups in total. The fourth-order valence-corrected chi connectivity index (χ4v) is 6.24. The zero-order valence-electron chi connectivity index (χ0n) is 32.1. The van der Waals surface area contributed by atoms with Crippen LogP contribution in [0.15, 0.2) is 91.1 Å². The molecule has 53 heavy (non-hydrogen) atoms. The number of rotatable bonds is 8. The van der Waals surface area contributed by atoms with Gasteiger partial charge in [0, 0.05) is 23.2 Å². The van der Waals surface area contributed by atoms with Crippen LogP contribution in [0.25, 0.3) is 44.4 Å². The van der Waals surface area contributed by atoms with Crippen molar-refractivity contribution in [1.82, 2.24) is 19.3 Å². The van der Waals surface area contributed by atoms with Crippen molar-refractivity contribution in [3.63, 3.8) is 0 Å². The van der Waals surface area contributed by atoms with Crippen LogP contribution in [0.3, 0.4) is 0 Å². The third-order valence-electron chi connectivity index (χ3n) is 8.61. The summed E-state index contributed by atoms with van der Waals surface area (Å²) >= 11 is 0. The maximum Gasteiger partial charge on any atom is 2.00 e. The smallest absolute Gasteiger partial charge is 0.509 e. The van der Waals surface area contributed by atoms with E-state index in [-0.39, 0.29) is 27.0 Å². The molecule has 0 aliphatic heterocycles. The molecule has 0 saturated heterocycles. The maximum atomic E-state index is 6.74. The number of fused-ring (bicyclic) bond motifs is 3. The molecule has 0 spiro atoms. The van der Waals surface area contributed by atoms with Crippen LogP contribution in [0.1, 0.15) is 78.0 Å². The topological polar surface area (TPSA) is 63.3 Å². The van der Waals surface area contributed by atoms with E-state index in [1.165, 1.54) is 0 Å². The summed E-state index contributed by atoms with van der Waals surface area (Å²) < 4.78 is 23.9. The summed E-state index contributed by atoms with van der Waals surface area (Å²) in [6.07, 6.45) is 1.84. The molecule has 0 unspecified atom stereocenters. The van der Waals surface area contributed by atoms with Crippen molar-refractivity contribution in [2.75, 3.05) is 0 Å². The number of ether oxygens (including phenoxy) is 3. The summed E-state index contributed by atoms with van der Waals surface area (Å²) in [6.45, 7) is 20.7. The van der Waals surface area contributed by atoms with Gasteiger partial charge in [-0.2, -0.15) is 6.07 Å². The van der Waals surface area contributed by atoms with Gasteiger partial charge >= 0.3 is 21.1 Å². The predicted octanol–water partition coefficient (Wildman–Crippen LogP) is 11.5. The van der Waals surface area contributed by atoms with Crippen LogP contribution < -0.4 is 14.2 Å². The van der Waals surface area contributed by atoms with Crippen LogP contribution in [0.4, 0.5) is 0 Å². The standard InChI is InChI=1S/C45H46N4O3.Pt/c1-28(2)32-24-33(49-43(52-45(8,9)10)41(31-17-15-29(3)16-18-31)42(47-49)51-44(5,6)7)26-35(25-32)50-34-19-20-37-36-13-11-12-14-38(36)48(39(37)27-34)40-23-30(4)21-22-46-40;/h11-25,28H,1-10H3;/q-2;+2. The molecular weight excluding hydrogens is 840 g/mol. The first kappa shape index (κ1) is 37.9. The zero-order valence-corrected chi connectivity index (χ0v) is 34.3. The summed E-state index contributed by atoms with van der Waals surface area (Å²) in [5, 5.41) is 7.28. The van der Waals surface area contributed by atoms with Crippen molar-refractivity contribution < 1.29 is 35.3 Å². The first-order valence-electron chi connectivity index (χ1n) is 17.9. The summed E-state index contributed by atoms with van der Waals surface area (Å²) in [5.74, 6) is 3.19. The second kappa shape index (κ2) is 14.5. The number of para-hydroxylation sites is 1. The summed E-state index contributed by atoms with van der Waals surface area (Å²) in [5.41, 5.74) is 6.69. The molecule has 3 aromatic heterocycles. The second-order valence-corrected chi connectivity index (χ2v) is 15.7. The molecule has 0 saturated carbocycles. The second-order valence-electron chi connectivity index (χ2n) is 15.7. The molecule has 7 aromatic rings. The minimum Gasteiger partial charge on any atom is -0.509 e. The Morgan fingerprint density at radius 2 is 1.43 bits per heavy atom. The third-order valence-corrected chi connectivity index (χ3v) is 8.61. The molecule has 0 aliphatic rings. The molecule has 0 radical (unpaired) electrons. The van der Waals surface area contributed by atoms with E-state index < -0.39 is 11.2 Å². The average molecular weight is 886 g/mol. The van der Waals surface area contributed by atoms with E-state index in [1.807, 2.05) is 72.0 Å². The fourth-order valence-electron chi connectivity index (χ4n) is 6.24. The SMILES string of the molecule is Cc1ccc(-c2c(OC(C)(C)C)nn(-c3[c-]c(Oc4[c-]c5c(cc4)c4ccccc4n5-c4cc(C)ccn4)cc(C(C)C)c3)c2OC(C)(C)C)cc1.[Pt+2]. The fraction of sp³-hybridized carbons (Fsp3) is 0.289. The van der Waals surface area contributed by atoms with Gasteiger partial charge in [-0.25, -0.2) is 9.67 Å². The van der Waals surface area contributed by atoms with E-state index >= 15 is 0 Å².